The molecule has 0 saturated heterocycles. The van der Waals surface area contributed by atoms with Gasteiger partial charge in [-0.05, 0) is 13.8 Å². The summed E-state index contributed by atoms with van der Waals surface area (Å²) >= 11 is 0. The van der Waals surface area contributed by atoms with Crippen molar-refractivity contribution in [2.24, 2.45) is 0 Å². The molecule has 0 spiro atoms. The second kappa shape index (κ2) is 5.19. The highest BCUT2D eigenvalue weighted by Crippen LogP contribution is 2.07. The number of aromatic nitrogens is 1. The number of carbonyl (C=O) groups excluding carboxylic acids is 1. The maximum Gasteiger partial charge on any atom is 0.339 e. The molecule has 1 heterocycles. The minimum absolute atomic E-state index is 0.128. The first kappa shape index (κ1) is 11.3. The van der Waals surface area contributed by atoms with E-state index in [2.05, 4.69) is 4.98 Å². The number of carbonyl (C=O) groups is 1. The van der Waals surface area contributed by atoms with Crippen molar-refractivity contribution >= 4 is 5.97 Å². The first-order valence-electron chi connectivity index (χ1n) is 4.71. The van der Waals surface area contributed by atoms with Gasteiger partial charge in [0.1, 0.15) is 0 Å². The lowest BCUT2D eigenvalue weighted by atomic mass is 10.3. The Labute approximate surface area is 87.0 Å². The van der Waals surface area contributed by atoms with Crippen LogP contribution in [0.1, 0.15) is 24.2 Å². The van der Waals surface area contributed by atoms with Gasteiger partial charge in [0.15, 0.2) is 5.75 Å². The van der Waals surface area contributed by atoms with Gasteiger partial charge in [-0.2, -0.15) is 0 Å². The lowest BCUT2D eigenvalue weighted by Gasteiger charge is -2.04. The van der Waals surface area contributed by atoms with E-state index in [1.807, 2.05) is 0 Å². The zero-order valence-corrected chi connectivity index (χ0v) is 8.70. The number of esters is 1. The Morgan fingerprint density at radius 2 is 2.13 bits per heavy atom. The number of pyridine rings is 1. The molecule has 0 saturated carbocycles. The highest BCUT2D eigenvalue weighted by Gasteiger charge is 2.09. The molecule has 5 heteroatoms. The highest BCUT2D eigenvalue weighted by molar-refractivity contribution is 5.89. The van der Waals surface area contributed by atoms with E-state index in [0.717, 1.165) is 0 Å². The van der Waals surface area contributed by atoms with Crippen LogP contribution < -0.4 is 10.3 Å². The second-order valence-corrected chi connectivity index (χ2v) is 2.74. The molecule has 1 aromatic heterocycles. The molecule has 82 valence electrons. The minimum atomic E-state index is -0.477. The Morgan fingerprint density at radius 1 is 1.40 bits per heavy atom. The van der Waals surface area contributed by atoms with E-state index >= 15 is 0 Å². The number of rotatable bonds is 4. The number of hydrogen-bond donors (Lipinski definition) is 1. The Hall–Kier alpha value is -1.78. The fraction of sp³-hybridized carbons (Fsp3) is 0.400. The molecule has 0 bridgehead atoms. The van der Waals surface area contributed by atoms with E-state index in [0.29, 0.717) is 13.2 Å². The van der Waals surface area contributed by atoms with Crippen molar-refractivity contribution in [1.82, 2.24) is 4.98 Å². The zero-order valence-electron chi connectivity index (χ0n) is 8.70. The summed E-state index contributed by atoms with van der Waals surface area (Å²) in [5, 5.41) is 0. The van der Waals surface area contributed by atoms with Crippen LogP contribution in [-0.4, -0.2) is 24.2 Å². The maximum atomic E-state index is 11.3. The third kappa shape index (κ3) is 2.83. The van der Waals surface area contributed by atoms with E-state index in [9.17, 15) is 9.59 Å². The molecule has 0 aromatic carbocycles. The summed E-state index contributed by atoms with van der Waals surface area (Å²) in [6.07, 6.45) is 1.31. The van der Waals surface area contributed by atoms with Gasteiger partial charge in [-0.3, -0.25) is 4.79 Å². The van der Waals surface area contributed by atoms with E-state index in [4.69, 9.17) is 9.47 Å². The summed E-state index contributed by atoms with van der Waals surface area (Å²) in [6, 6.07) is 1.38. The van der Waals surface area contributed by atoms with Gasteiger partial charge in [0.05, 0.1) is 18.8 Å². The van der Waals surface area contributed by atoms with Crippen molar-refractivity contribution in [1.29, 1.82) is 0 Å². The number of nitrogens with one attached hydrogen (secondary N) is 1. The van der Waals surface area contributed by atoms with Gasteiger partial charge in [0.2, 0.25) is 0 Å². The Morgan fingerprint density at radius 3 is 2.73 bits per heavy atom. The van der Waals surface area contributed by atoms with Crippen LogP contribution in [0.5, 0.6) is 5.75 Å². The van der Waals surface area contributed by atoms with Crippen molar-refractivity contribution in [2.75, 3.05) is 13.2 Å². The van der Waals surface area contributed by atoms with Crippen molar-refractivity contribution < 1.29 is 14.3 Å². The number of ether oxygens (including phenoxy) is 2. The summed E-state index contributed by atoms with van der Waals surface area (Å²) in [4.78, 5) is 24.9. The molecule has 0 aliphatic heterocycles. The van der Waals surface area contributed by atoms with Crippen molar-refractivity contribution in [3.05, 3.63) is 28.2 Å². The van der Waals surface area contributed by atoms with Crippen molar-refractivity contribution in [2.45, 2.75) is 13.8 Å². The quantitative estimate of drug-likeness (QED) is 0.753. The molecule has 1 N–H and O–H groups in total. The average Bonchev–Trinajstić information content (AvgIpc) is 2.22. The van der Waals surface area contributed by atoms with Crippen LogP contribution in [0.2, 0.25) is 0 Å². The van der Waals surface area contributed by atoms with E-state index in [1.165, 1.54) is 12.3 Å². The molecule has 0 unspecified atom stereocenters. The normalized spacial score (nSPS) is 9.73. The maximum absolute atomic E-state index is 11.3. The van der Waals surface area contributed by atoms with Gasteiger partial charge in [0, 0.05) is 12.3 Å². The predicted octanol–water partition coefficient (Wildman–Crippen LogP) is 0.950. The number of hydrogen-bond acceptors (Lipinski definition) is 4. The first-order chi connectivity index (χ1) is 7.19. The van der Waals surface area contributed by atoms with Crippen LogP contribution >= 0.6 is 0 Å². The third-order valence-electron chi connectivity index (χ3n) is 1.68. The van der Waals surface area contributed by atoms with Gasteiger partial charge < -0.3 is 14.5 Å². The van der Waals surface area contributed by atoms with Crippen LogP contribution in [0.25, 0.3) is 0 Å². The van der Waals surface area contributed by atoms with Crippen LogP contribution in [0.3, 0.4) is 0 Å². The number of H-pyrrole nitrogens is 1. The second-order valence-electron chi connectivity index (χ2n) is 2.74. The fourth-order valence-electron chi connectivity index (χ4n) is 1.06. The molecule has 15 heavy (non-hydrogen) atoms. The lowest BCUT2D eigenvalue weighted by Crippen LogP contribution is -2.14. The molecule has 0 aliphatic rings. The Balaban J connectivity index is 2.96. The SMILES string of the molecule is CCOC(=O)c1c[nH]c(=O)c(OCC)c1. The van der Waals surface area contributed by atoms with Crippen LogP contribution in [0.15, 0.2) is 17.1 Å². The van der Waals surface area contributed by atoms with E-state index in [-0.39, 0.29) is 16.9 Å². The molecular weight excluding hydrogens is 198 g/mol. The Kier molecular flexibility index (Phi) is 3.91. The molecule has 5 nitrogen and oxygen atoms in total. The molecule has 1 rings (SSSR count). The van der Waals surface area contributed by atoms with Crippen LogP contribution in [-0.2, 0) is 4.74 Å². The molecule has 0 fully saturated rings. The van der Waals surface area contributed by atoms with Gasteiger partial charge in [-0.1, -0.05) is 0 Å². The monoisotopic (exact) mass is 211 g/mol. The zero-order chi connectivity index (χ0) is 11.3. The molecule has 0 amide bonds. The summed E-state index contributed by atoms with van der Waals surface area (Å²) in [7, 11) is 0. The van der Waals surface area contributed by atoms with Gasteiger partial charge in [0.25, 0.3) is 5.56 Å². The highest BCUT2D eigenvalue weighted by atomic mass is 16.5. The van der Waals surface area contributed by atoms with Gasteiger partial charge >= 0.3 is 5.97 Å². The summed E-state index contributed by atoms with van der Waals surface area (Å²) in [5.41, 5.74) is -0.0789. The summed E-state index contributed by atoms with van der Waals surface area (Å²) in [6.45, 7) is 4.14. The third-order valence-corrected chi connectivity index (χ3v) is 1.68. The molecule has 0 aliphatic carbocycles. The topological polar surface area (TPSA) is 68.4 Å². The minimum Gasteiger partial charge on any atom is -0.488 e. The van der Waals surface area contributed by atoms with E-state index in [1.54, 1.807) is 13.8 Å². The molecule has 1 aromatic rings. The standard InChI is InChI=1S/C10H13NO4/c1-3-14-8-5-7(6-11-9(8)12)10(13)15-4-2/h5-6H,3-4H2,1-2H3,(H,11,12). The van der Waals surface area contributed by atoms with Crippen LogP contribution in [0, 0.1) is 0 Å². The smallest absolute Gasteiger partial charge is 0.339 e. The fourth-order valence-corrected chi connectivity index (χ4v) is 1.06. The van der Waals surface area contributed by atoms with Gasteiger partial charge in [-0.15, -0.1) is 0 Å². The van der Waals surface area contributed by atoms with Crippen molar-refractivity contribution in [3.8, 4) is 5.75 Å². The van der Waals surface area contributed by atoms with Crippen LogP contribution in [0.4, 0.5) is 0 Å². The summed E-state index contributed by atoms with van der Waals surface area (Å²) < 4.78 is 9.84. The number of aromatic amines is 1. The first-order valence-corrected chi connectivity index (χ1v) is 4.71. The largest absolute Gasteiger partial charge is 0.488 e. The Bertz CT molecular complexity index is 397. The molecular formula is C10H13NO4. The van der Waals surface area contributed by atoms with Crippen molar-refractivity contribution in [3.63, 3.8) is 0 Å². The van der Waals surface area contributed by atoms with Gasteiger partial charge in [-0.25, -0.2) is 4.79 Å². The average molecular weight is 211 g/mol. The molecule has 0 radical (unpaired) electrons. The molecule has 0 atom stereocenters. The van der Waals surface area contributed by atoms with E-state index < -0.39 is 5.97 Å². The predicted molar refractivity (Wildman–Crippen MR) is 54.2 cm³/mol. The summed E-state index contributed by atoms with van der Waals surface area (Å²) in [5.74, 6) is -0.349. The lowest BCUT2D eigenvalue weighted by molar-refractivity contribution is 0.0525.